The molecule has 0 aliphatic carbocycles. The highest BCUT2D eigenvalue weighted by atomic mass is 16.2. The summed E-state index contributed by atoms with van der Waals surface area (Å²) in [6, 6.07) is 26.5. The molecule has 1 heterocycles. The van der Waals surface area contributed by atoms with Crippen LogP contribution in [-0.4, -0.2) is 36.3 Å². The first-order chi connectivity index (χ1) is 15.5. The second kappa shape index (κ2) is 9.16. The van der Waals surface area contributed by atoms with Crippen molar-refractivity contribution in [1.29, 1.82) is 0 Å². The van der Waals surface area contributed by atoms with Gasteiger partial charge in [0.2, 0.25) is 5.91 Å². The molecule has 4 rings (SSSR count). The zero-order valence-corrected chi connectivity index (χ0v) is 18.2. The number of rotatable bonds is 5. The Kier molecular flexibility index (Phi) is 6.14. The zero-order valence-electron chi connectivity index (χ0n) is 18.2. The van der Waals surface area contributed by atoms with E-state index in [4.69, 9.17) is 5.73 Å². The number of anilines is 2. The van der Waals surface area contributed by atoms with E-state index >= 15 is 0 Å². The minimum absolute atomic E-state index is 0.0768. The standard InChI is InChI=1S/C26H26N4O2/c1-18(2)30(20-13-7-4-8-14-20)23(31)17-29-22-16-10-9-15-21(22)24(28-25(27)26(29)32)19-11-5-3-6-12-19/h3-16,18,25H,17,27H2,1-2H3/t25-/m0/s1. The maximum atomic E-state index is 13.4. The number of benzodiazepines with no additional fused rings is 1. The third-order valence-electron chi connectivity index (χ3n) is 5.40. The number of carbonyl (C=O) groups is 2. The average molecular weight is 427 g/mol. The normalized spacial score (nSPS) is 15.8. The molecule has 6 heteroatoms. The predicted molar refractivity (Wildman–Crippen MR) is 128 cm³/mol. The van der Waals surface area contributed by atoms with E-state index in [0.29, 0.717) is 11.4 Å². The molecule has 1 atom stereocenters. The van der Waals surface area contributed by atoms with Crippen LogP contribution in [0.5, 0.6) is 0 Å². The molecule has 2 N–H and O–H groups in total. The van der Waals surface area contributed by atoms with Gasteiger partial charge in [-0.25, -0.2) is 0 Å². The van der Waals surface area contributed by atoms with Crippen molar-refractivity contribution >= 4 is 28.9 Å². The first-order valence-corrected chi connectivity index (χ1v) is 10.6. The number of carbonyl (C=O) groups excluding carboxylic acids is 2. The molecule has 0 saturated carbocycles. The van der Waals surface area contributed by atoms with Gasteiger partial charge in [0.25, 0.3) is 5.91 Å². The van der Waals surface area contributed by atoms with E-state index in [-0.39, 0.29) is 18.5 Å². The maximum Gasteiger partial charge on any atom is 0.266 e. The number of aliphatic imine (C=N–C) groups is 1. The first kappa shape index (κ1) is 21.5. The molecule has 0 spiro atoms. The van der Waals surface area contributed by atoms with Gasteiger partial charge in [-0.15, -0.1) is 0 Å². The van der Waals surface area contributed by atoms with Crippen molar-refractivity contribution in [2.45, 2.75) is 26.1 Å². The Balaban J connectivity index is 1.74. The fraction of sp³-hybridized carbons (Fsp3) is 0.192. The van der Waals surface area contributed by atoms with Crippen LogP contribution in [-0.2, 0) is 9.59 Å². The minimum Gasteiger partial charge on any atom is -0.308 e. The fourth-order valence-electron chi connectivity index (χ4n) is 3.97. The Morgan fingerprint density at radius 2 is 1.56 bits per heavy atom. The number of amides is 2. The molecule has 0 bridgehead atoms. The van der Waals surface area contributed by atoms with Gasteiger partial charge in [-0.2, -0.15) is 0 Å². The zero-order chi connectivity index (χ0) is 22.7. The number of benzene rings is 3. The van der Waals surface area contributed by atoms with Crippen molar-refractivity contribution in [2.24, 2.45) is 10.7 Å². The van der Waals surface area contributed by atoms with Crippen molar-refractivity contribution < 1.29 is 9.59 Å². The van der Waals surface area contributed by atoms with Crippen LogP contribution >= 0.6 is 0 Å². The maximum absolute atomic E-state index is 13.4. The van der Waals surface area contributed by atoms with Gasteiger partial charge in [-0.1, -0.05) is 66.7 Å². The van der Waals surface area contributed by atoms with Gasteiger partial charge in [0.1, 0.15) is 6.54 Å². The molecule has 2 amide bonds. The Morgan fingerprint density at radius 3 is 2.22 bits per heavy atom. The lowest BCUT2D eigenvalue weighted by Crippen LogP contribution is -2.49. The highest BCUT2D eigenvalue weighted by Gasteiger charge is 2.32. The fourth-order valence-corrected chi connectivity index (χ4v) is 3.97. The van der Waals surface area contributed by atoms with Gasteiger partial charge in [0.05, 0.1) is 11.4 Å². The van der Waals surface area contributed by atoms with E-state index in [1.165, 1.54) is 4.90 Å². The van der Waals surface area contributed by atoms with E-state index in [0.717, 1.165) is 16.8 Å². The van der Waals surface area contributed by atoms with Gasteiger partial charge >= 0.3 is 0 Å². The summed E-state index contributed by atoms with van der Waals surface area (Å²) in [6.07, 6.45) is -1.10. The van der Waals surface area contributed by atoms with Crippen LogP contribution < -0.4 is 15.5 Å². The summed E-state index contributed by atoms with van der Waals surface area (Å²) >= 11 is 0. The Morgan fingerprint density at radius 1 is 0.969 bits per heavy atom. The molecule has 0 radical (unpaired) electrons. The molecule has 3 aromatic carbocycles. The lowest BCUT2D eigenvalue weighted by Gasteiger charge is -2.31. The largest absolute Gasteiger partial charge is 0.308 e. The summed E-state index contributed by atoms with van der Waals surface area (Å²) in [7, 11) is 0. The van der Waals surface area contributed by atoms with Crippen LogP contribution in [0.3, 0.4) is 0 Å². The molecular formula is C26H26N4O2. The molecule has 0 fully saturated rings. The van der Waals surface area contributed by atoms with Crippen LogP contribution in [0.1, 0.15) is 25.0 Å². The summed E-state index contributed by atoms with van der Waals surface area (Å²) < 4.78 is 0. The lowest BCUT2D eigenvalue weighted by molar-refractivity contribution is -0.123. The Bertz CT molecular complexity index is 1140. The van der Waals surface area contributed by atoms with Gasteiger partial charge in [-0.05, 0) is 32.0 Å². The monoisotopic (exact) mass is 426 g/mol. The molecule has 0 aromatic heterocycles. The number of nitrogens with zero attached hydrogens (tertiary/aromatic N) is 3. The molecular weight excluding hydrogens is 400 g/mol. The first-order valence-electron chi connectivity index (χ1n) is 10.6. The third-order valence-corrected chi connectivity index (χ3v) is 5.40. The van der Waals surface area contributed by atoms with Crippen LogP contribution in [0.15, 0.2) is 89.9 Å². The number of nitrogens with two attached hydrogens (primary N) is 1. The van der Waals surface area contributed by atoms with Crippen molar-refractivity contribution in [3.8, 4) is 0 Å². The predicted octanol–water partition coefficient (Wildman–Crippen LogP) is 3.60. The van der Waals surface area contributed by atoms with E-state index < -0.39 is 12.1 Å². The van der Waals surface area contributed by atoms with Crippen molar-refractivity contribution in [3.63, 3.8) is 0 Å². The van der Waals surface area contributed by atoms with E-state index in [9.17, 15) is 9.59 Å². The number of hydrogen-bond donors (Lipinski definition) is 1. The van der Waals surface area contributed by atoms with Gasteiger partial charge in [0, 0.05) is 22.9 Å². The summed E-state index contributed by atoms with van der Waals surface area (Å²) in [5.74, 6) is -0.599. The summed E-state index contributed by atoms with van der Waals surface area (Å²) in [4.78, 5) is 34.4. The highest BCUT2D eigenvalue weighted by molar-refractivity contribution is 6.20. The molecule has 1 aliphatic heterocycles. The third kappa shape index (κ3) is 4.18. The number of hydrogen-bond acceptors (Lipinski definition) is 4. The van der Waals surface area contributed by atoms with Crippen molar-refractivity contribution in [1.82, 2.24) is 0 Å². The van der Waals surface area contributed by atoms with Gasteiger partial charge in [0.15, 0.2) is 6.17 Å². The molecule has 0 unspecified atom stereocenters. The SMILES string of the molecule is CC(C)N(C(=O)CN1C(=O)[C@@H](N)N=C(c2ccccc2)c2ccccc21)c1ccccc1. The summed E-state index contributed by atoms with van der Waals surface area (Å²) in [5, 5.41) is 0. The Hall–Kier alpha value is -3.77. The second-order valence-corrected chi connectivity index (χ2v) is 7.92. The van der Waals surface area contributed by atoms with Crippen molar-refractivity contribution in [2.75, 3.05) is 16.3 Å². The van der Waals surface area contributed by atoms with Gasteiger partial charge < -0.3 is 10.6 Å². The molecule has 1 aliphatic rings. The smallest absolute Gasteiger partial charge is 0.266 e. The number of fused-ring (bicyclic) bond motifs is 1. The molecule has 3 aromatic rings. The molecule has 32 heavy (non-hydrogen) atoms. The molecule has 6 nitrogen and oxygen atoms in total. The van der Waals surface area contributed by atoms with Gasteiger partial charge in [-0.3, -0.25) is 19.5 Å². The Labute approximate surface area is 188 Å². The molecule has 0 saturated heterocycles. The van der Waals surface area contributed by atoms with Crippen LogP contribution in [0, 0.1) is 0 Å². The van der Waals surface area contributed by atoms with E-state index in [1.54, 1.807) is 4.90 Å². The minimum atomic E-state index is -1.10. The van der Waals surface area contributed by atoms with Crippen LogP contribution in [0.2, 0.25) is 0 Å². The topological polar surface area (TPSA) is 79.0 Å². The van der Waals surface area contributed by atoms with E-state index in [1.807, 2.05) is 98.8 Å². The second-order valence-electron chi connectivity index (χ2n) is 7.92. The van der Waals surface area contributed by atoms with Crippen LogP contribution in [0.25, 0.3) is 0 Å². The molecule has 162 valence electrons. The summed E-state index contributed by atoms with van der Waals surface area (Å²) in [5.41, 5.74) is 9.88. The van der Waals surface area contributed by atoms with E-state index in [2.05, 4.69) is 4.99 Å². The quantitative estimate of drug-likeness (QED) is 0.677. The summed E-state index contributed by atoms with van der Waals surface area (Å²) in [6.45, 7) is 3.77. The van der Waals surface area contributed by atoms with Crippen molar-refractivity contribution in [3.05, 3.63) is 96.1 Å². The number of para-hydroxylation sites is 2. The van der Waals surface area contributed by atoms with Crippen LogP contribution in [0.4, 0.5) is 11.4 Å². The highest BCUT2D eigenvalue weighted by Crippen LogP contribution is 2.28. The lowest BCUT2D eigenvalue weighted by atomic mass is 10.0. The average Bonchev–Trinajstić information content (AvgIpc) is 2.91.